The molecule has 0 spiro atoms. The van der Waals surface area contributed by atoms with Crippen molar-refractivity contribution >= 4 is 17.9 Å². The summed E-state index contributed by atoms with van der Waals surface area (Å²) in [4.78, 5) is 28.8. The van der Waals surface area contributed by atoms with Gasteiger partial charge < -0.3 is 19.5 Å². The fourth-order valence-electron chi connectivity index (χ4n) is 3.05. The molecule has 1 aliphatic heterocycles. The molecule has 7 heteroatoms. The largest absolute Gasteiger partial charge is 0.497 e. The van der Waals surface area contributed by atoms with E-state index in [0.29, 0.717) is 41.1 Å². The van der Waals surface area contributed by atoms with Gasteiger partial charge in [0.2, 0.25) is 0 Å². The molecule has 0 aliphatic carbocycles. The van der Waals surface area contributed by atoms with Gasteiger partial charge in [-0.15, -0.1) is 0 Å². The Morgan fingerprint density at radius 2 is 1.68 bits per heavy atom. The molecule has 0 aromatic heterocycles. The number of ether oxygens (including phenoxy) is 3. The van der Waals surface area contributed by atoms with Crippen LogP contribution in [0.5, 0.6) is 17.2 Å². The van der Waals surface area contributed by atoms with E-state index in [2.05, 4.69) is 10.3 Å². The molecule has 0 saturated carbocycles. The summed E-state index contributed by atoms with van der Waals surface area (Å²) in [6.45, 7) is 0.342. The Labute approximate surface area is 162 Å². The first-order valence-electron chi connectivity index (χ1n) is 8.85. The van der Waals surface area contributed by atoms with Gasteiger partial charge in [-0.1, -0.05) is 6.08 Å². The second-order valence-corrected chi connectivity index (χ2v) is 6.23. The van der Waals surface area contributed by atoms with Crippen LogP contribution in [0.25, 0.3) is 6.08 Å². The normalized spacial score (nSPS) is 15.0. The molecule has 3 rings (SSSR count). The van der Waals surface area contributed by atoms with E-state index in [9.17, 15) is 9.59 Å². The van der Waals surface area contributed by atoms with E-state index < -0.39 is 5.92 Å². The van der Waals surface area contributed by atoms with Crippen LogP contribution in [0.15, 0.2) is 41.4 Å². The molecule has 1 unspecified atom stereocenters. The highest BCUT2D eigenvalue weighted by molar-refractivity contribution is 5.94. The smallest absolute Gasteiger partial charge is 0.253 e. The van der Waals surface area contributed by atoms with Gasteiger partial charge in [-0.3, -0.25) is 9.59 Å². The molecule has 1 atom stereocenters. The van der Waals surface area contributed by atoms with Crippen molar-refractivity contribution in [2.24, 2.45) is 10.9 Å². The van der Waals surface area contributed by atoms with Crippen molar-refractivity contribution in [2.45, 2.75) is 6.42 Å². The van der Waals surface area contributed by atoms with Gasteiger partial charge in [-0.05, 0) is 42.8 Å². The number of hydrogen-bond donors (Lipinski definition) is 1. The molecule has 0 bridgehead atoms. The molecule has 2 aromatic carbocycles. The van der Waals surface area contributed by atoms with Gasteiger partial charge in [0.15, 0.2) is 0 Å². The third-order valence-electron chi connectivity index (χ3n) is 4.58. The summed E-state index contributed by atoms with van der Waals surface area (Å²) in [5.74, 6) is 0.916. The number of fused-ring (bicyclic) bond motifs is 1. The molecule has 7 nitrogen and oxygen atoms in total. The topological polar surface area (TPSA) is 86.2 Å². The Bertz CT molecular complexity index is 999. The quantitative estimate of drug-likeness (QED) is 0.775. The highest BCUT2D eigenvalue weighted by Gasteiger charge is 2.21. The van der Waals surface area contributed by atoms with E-state index in [1.165, 1.54) is 7.11 Å². The number of nitrogens with zero attached hydrogens (tertiary/aromatic N) is 1. The van der Waals surface area contributed by atoms with Crippen LogP contribution in [0.2, 0.25) is 0 Å². The molecule has 2 amide bonds. The predicted molar refractivity (Wildman–Crippen MR) is 103 cm³/mol. The SMILES string of the molecule is COc1ccc(C(=O)NCCC2C=c3c(OC)ccc(OC)c3=NC2=O)cc1. The maximum Gasteiger partial charge on any atom is 0.253 e. The molecule has 146 valence electrons. The first-order chi connectivity index (χ1) is 13.6. The molecular weight excluding hydrogens is 360 g/mol. The lowest BCUT2D eigenvalue weighted by Crippen LogP contribution is -2.37. The van der Waals surface area contributed by atoms with Crippen molar-refractivity contribution in [1.82, 2.24) is 5.32 Å². The average Bonchev–Trinajstić information content (AvgIpc) is 2.73. The second kappa shape index (κ2) is 8.56. The minimum Gasteiger partial charge on any atom is -0.497 e. The number of hydrogen-bond acceptors (Lipinski definition) is 5. The summed E-state index contributed by atoms with van der Waals surface area (Å²) >= 11 is 0. The summed E-state index contributed by atoms with van der Waals surface area (Å²) in [6.07, 6.45) is 2.26. The van der Waals surface area contributed by atoms with Crippen LogP contribution in [0.1, 0.15) is 16.8 Å². The van der Waals surface area contributed by atoms with Gasteiger partial charge in [0, 0.05) is 17.3 Å². The van der Waals surface area contributed by atoms with E-state index in [1.807, 2.05) is 6.08 Å². The third-order valence-corrected chi connectivity index (χ3v) is 4.58. The minimum atomic E-state index is -0.440. The molecular formula is C21H22N2O5. The van der Waals surface area contributed by atoms with Crippen molar-refractivity contribution in [3.8, 4) is 17.2 Å². The van der Waals surface area contributed by atoms with Crippen molar-refractivity contribution < 1.29 is 23.8 Å². The molecule has 0 fully saturated rings. The van der Waals surface area contributed by atoms with Crippen LogP contribution < -0.4 is 30.1 Å². The Morgan fingerprint density at radius 3 is 2.32 bits per heavy atom. The van der Waals surface area contributed by atoms with E-state index in [-0.39, 0.29) is 11.8 Å². The average molecular weight is 382 g/mol. The zero-order valence-corrected chi connectivity index (χ0v) is 16.0. The van der Waals surface area contributed by atoms with Crippen LogP contribution in [0, 0.1) is 5.92 Å². The highest BCUT2D eigenvalue weighted by atomic mass is 16.5. The van der Waals surface area contributed by atoms with Gasteiger partial charge in [0.1, 0.15) is 22.6 Å². The number of nitrogens with one attached hydrogen (secondary N) is 1. The van der Waals surface area contributed by atoms with Crippen molar-refractivity contribution in [3.63, 3.8) is 0 Å². The number of amides is 2. The molecule has 1 aliphatic rings. The zero-order chi connectivity index (χ0) is 20.1. The number of rotatable bonds is 7. The summed E-state index contributed by atoms with van der Waals surface area (Å²) in [7, 11) is 4.67. The van der Waals surface area contributed by atoms with E-state index in [0.717, 1.165) is 5.22 Å². The number of methoxy groups -OCH3 is 3. The maximum absolute atomic E-state index is 12.4. The standard InChI is InChI=1S/C21H22N2O5/c1-26-15-6-4-13(5-7-15)20(24)22-11-10-14-12-16-17(27-2)8-9-18(28-3)19(16)23-21(14)25/h4-9,12,14H,10-11H2,1-3H3,(H,22,24). The van der Waals surface area contributed by atoms with Crippen LogP contribution in [0.3, 0.4) is 0 Å². The Hall–Kier alpha value is -3.35. The number of carbonyl (C=O) groups is 2. The van der Waals surface area contributed by atoms with E-state index in [1.54, 1.807) is 50.6 Å². The first-order valence-corrected chi connectivity index (χ1v) is 8.85. The van der Waals surface area contributed by atoms with Gasteiger partial charge in [-0.25, -0.2) is 4.99 Å². The van der Waals surface area contributed by atoms with Gasteiger partial charge in [0.25, 0.3) is 11.8 Å². The lowest BCUT2D eigenvalue weighted by molar-refractivity contribution is -0.120. The summed E-state index contributed by atoms with van der Waals surface area (Å²) < 4.78 is 15.7. The van der Waals surface area contributed by atoms with Crippen LogP contribution in [0.4, 0.5) is 0 Å². The highest BCUT2D eigenvalue weighted by Crippen LogP contribution is 2.15. The minimum absolute atomic E-state index is 0.206. The van der Waals surface area contributed by atoms with Crippen LogP contribution in [-0.2, 0) is 4.79 Å². The van der Waals surface area contributed by atoms with Crippen molar-refractivity contribution in [2.75, 3.05) is 27.9 Å². The lowest BCUT2D eigenvalue weighted by Gasteiger charge is -2.15. The Kier molecular flexibility index (Phi) is 5.93. The molecule has 1 N–H and O–H groups in total. The second-order valence-electron chi connectivity index (χ2n) is 6.23. The summed E-state index contributed by atoms with van der Waals surface area (Å²) in [6, 6.07) is 10.3. The molecule has 0 saturated heterocycles. The van der Waals surface area contributed by atoms with E-state index >= 15 is 0 Å². The molecule has 1 heterocycles. The third kappa shape index (κ3) is 3.98. The number of benzene rings is 2. The lowest BCUT2D eigenvalue weighted by atomic mass is 9.99. The monoisotopic (exact) mass is 382 g/mol. The molecule has 2 aromatic rings. The van der Waals surface area contributed by atoms with Crippen LogP contribution in [-0.4, -0.2) is 39.7 Å². The van der Waals surface area contributed by atoms with Gasteiger partial charge >= 0.3 is 0 Å². The zero-order valence-electron chi connectivity index (χ0n) is 16.0. The Morgan fingerprint density at radius 1 is 1.00 bits per heavy atom. The first kappa shape index (κ1) is 19.4. The van der Waals surface area contributed by atoms with Crippen molar-refractivity contribution in [1.29, 1.82) is 0 Å². The Balaban J connectivity index is 1.71. The van der Waals surface area contributed by atoms with Gasteiger partial charge in [0.05, 0.1) is 27.2 Å². The molecule has 28 heavy (non-hydrogen) atoms. The van der Waals surface area contributed by atoms with Gasteiger partial charge in [-0.2, -0.15) is 0 Å². The summed E-state index contributed by atoms with van der Waals surface area (Å²) in [5.41, 5.74) is 0.529. The maximum atomic E-state index is 12.4. The van der Waals surface area contributed by atoms with E-state index in [4.69, 9.17) is 14.2 Å². The van der Waals surface area contributed by atoms with Crippen molar-refractivity contribution in [3.05, 3.63) is 52.5 Å². The fourth-order valence-corrected chi connectivity index (χ4v) is 3.05. The fraction of sp³-hybridized carbons (Fsp3) is 0.286. The number of carbonyl (C=O) groups excluding carboxylic acids is 2. The van der Waals surface area contributed by atoms with Crippen LogP contribution >= 0.6 is 0 Å². The predicted octanol–water partition coefficient (Wildman–Crippen LogP) is 1.09. The molecule has 0 radical (unpaired) electrons. The summed E-state index contributed by atoms with van der Waals surface area (Å²) in [5, 5.41) is 4.04.